The molecule has 24 heavy (non-hydrogen) atoms. The van der Waals surface area contributed by atoms with Crippen molar-refractivity contribution in [2.45, 2.75) is 38.0 Å². The minimum Gasteiger partial charge on any atom is -0.497 e. The average molecular weight is 323 g/mol. The molecule has 0 aliphatic heterocycles. The van der Waals surface area contributed by atoms with E-state index < -0.39 is 5.41 Å². The van der Waals surface area contributed by atoms with E-state index in [-0.39, 0.29) is 5.91 Å². The number of carbonyl (C=O) groups is 1. The molecule has 0 unspecified atom stereocenters. The second kappa shape index (κ2) is 6.68. The minimum atomic E-state index is -0.437. The zero-order valence-corrected chi connectivity index (χ0v) is 14.7. The smallest absolute Gasteiger partial charge is 0.237 e. The molecule has 126 valence electrons. The fourth-order valence-electron chi connectivity index (χ4n) is 3.80. The van der Waals surface area contributed by atoms with Gasteiger partial charge in [-0.2, -0.15) is 0 Å². The first-order chi connectivity index (χ1) is 11.6. The maximum atomic E-state index is 13.5. The maximum Gasteiger partial charge on any atom is 0.237 e. The molecule has 2 aromatic carbocycles. The summed E-state index contributed by atoms with van der Waals surface area (Å²) in [7, 11) is 3.55. The maximum absolute atomic E-state index is 13.5. The van der Waals surface area contributed by atoms with E-state index in [1.165, 1.54) is 0 Å². The number of rotatable bonds is 4. The molecule has 1 saturated carbocycles. The lowest BCUT2D eigenvalue weighted by Crippen LogP contribution is -2.43. The third-order valence-corrected chi connectivity index (χ3v) is 5.18. The van der Waals surface area contributed by atoms with Crippen LogP contribution >= 0.6 is 0 Å². The minimum absolute atomic E-state index is 0.179. The Balaban J connectivity index is 1.99. The van der Waals surface area contributed by atoms with Gasteiger partial charge >= 0.3 is 0 Å². The van der Waals surface area contributed by atoms with Crippen molar-refractivity contribution in [3.8, 4) is 5.75 Å². The lowest BCUT2D eigenvalue weighted by atomic mass is 9.77. The zero-order valence-electron chi connectivity index (χ0n) is 14.7. The predicted molar refractivity (Wildman–Crippen MR) is 97.7 cm³/mol. The summed E-state index contributed by atoms with van der Waals surface area (Å²) in [4.78, 5) is 15.3. The normalized spacial score (nSPS) is 16.0. The molecule has 0 atom stereocenters. The van der Waals surface area contributed by atoms with E-state index in [9.17, 15) is 4.79 Å². The van der Waals surface area contributed by atoms with E-state index in [1.54, 1.807) is 7.11 Å². The number of anilines is 1. The summed E-state index contributed by atoms with van der Waals surface area (Å²) in [6, 6.07) is 16.1. The molecule has 0 N–H and O–H groups in total. The SMILES string of the molecule is COc1cccc(C2(C(=O)N(C)c3cccc(C)c3)CCCC2)c1. The van der Waals surface area contributed by atoms with E-state index in [2.05, 4.69) is 25.1 Å². The number of benzene rings is 2. The number of nitrogens with zero attached hydrogens (tertiary/aromatic N) is 1. The Morgan fingerprint density at radius 2 is 1.79 bits per heavy atom. The molecule has 0 aromatic heterocycles. The highest BCUT2D eigenvalue weighted by Gasteiger charge is 2.44. The van der Waals surface area contributed by atoms with Crippen LogP contribution < -0.4 is 9.64 Å². The summed E-state index contributed by atoms with van der Waals surface area (Å²) in [5.41, 5.74) is 2.75. The summed E-state index contributed by atoms with van der Waals surface area (Å²) >= 11 is 0. The standard InChI is InChI=1S/C21H25NO2/c1-16-8-6-10-18(14-16)22(2)20(23)21(12-4-5-13-21)17-9-7-11-19(15-17)24-3/h6-11,14-15H,4-5,12-13H2,1-3H3. The van der Waals surface area contributed by atoms with Crippen molar-refractivity contribution >= 4 is 11.6 Å². The summed E-state index contributed by atoms with van der Waals surface area (Å²) in [5.74, 6) is 0.989. The molecule has 1 aliphatic carbocycles. The van der Waals surface area contributed by atoms with Crippen LogP contribution in [0, 0.1) is 6.92 Å². The van der Waals surface area contributed by atoms with Crippen LogP contribution in [-0.4, -0.2) is 20.1 Å². The van der Waals surface area contributed by atoms with Crippen LogP contribution in [-0.2, 0) is 10.2 Å². The van der Waals surface area contributed by atoms with Crippen LogP contribution in [0.2, 0.25) is 0 Å². The lowest BCUT2D eigenvalue weighted by Gasteiger charge is -2.33. The summed E-state index contributed by atoms with van der Waals surface area (Å²) in [6.45, 7) is 2.05. The van der Waals surface area contributed by atoms with Gasteiger partial charge in [0.25, 0.3) is 0 Å². The fourth-order valence-corrected chi connectivity index (χ4v) is 3.80. The van der Waals surface area contributed by atoms with Gasteiger partial charge in [-0.25, -0.2) is 0 Å². The van der Waals surface area contributed by atoms with Crippen LogP contribution in [0.25, 0.3) is 0 Å². The Labute approximate surface area is 144 Å². The second-order valence-corrected chi connectivity index (χ2v) is 6.72. The molecular weight excluding hydrogens is 298 g/mol. The van der Waals surface area contributed by atoms with E-state index >= 15 is 0 Å². The molecule has 2 aromatic rings. The highest BCUT2D eigenvalue weighted by atomic mass is 16.5. The van der Waals surface area contributed by atoms with Crippen molar-refractivity contribution in [3.05, 3.63) is 59.7 Å². The summed E-state index contributed by atoms with van der Waals surface area (Å²) < 4.78 is 5.38. The van der Waals surface area contributed by atoms with Crippen molar-refractivity contribution in [2.24, 2.45) is 0 Å². The van der Waals surface area contributed by atoms with Crippen molar-refractivity contribution in [3.63, 3.8) is 0 Å². The first kappa shape index (κ1) is 16.6. The number of amides is 1. The van der Waals surface area contributed by atoms with Crippen LogP contribution in [0.3, 0.4) is 0 Å². The van der Waals surface area contributed by atoms with Crippen LogP contribution in [0.4, 0.5) is 5.69 Å². The van der Waals surface area contributed by atoms with Gasteiger partial charge in [0.05, 0.1) is 12.5 Å². The first-order valence-corrected chi connectivity index (χ1v) is 8.56. The van der Waals surface area contributed by atoms with E-state index in [4.69, 9.17) is 4.74 Å². The topological polar surface area (TPSA) is 29.5 Å². The van der Waals surface area contributed by atoms with Gasteiger partial charge in [0.15, 0.2) is 0 Å². The molecule has 0 bridgehead atoms. The fraction of sp³-hybridized carbons (Fsp3) is 0.381. The number of hydrogen-bond donors (Lipinski definition) is 0. The molecule has 3 rings (SSSR count). The number of likely N-dealkylation sites (N-methyl/N-ethyl adjacent to an activating group) is 1. The Bertz CT molecular complexity index is 732. The quantitative estimate of drug-likeness (QED) is 0.830. The zero-order chi connectivity index (χ0) is 17.2. The van der Waals surface area contributed by atoms with Crippen molar-refractivity contribution in [1.82, 2.24) is 0 Å². The Kier molecular flexibility index (Phi) is 4.61. The van der Waals surface area contributed by atoms with Gasteiger partial charge in [-0.05, 0) is 55.2 Å². The Hall–Kier alpha value is -2.29. The van der Waals surface area contributed by atoms with Crippen molar-refractivity contribution in [1.29, 1.82) is 0 Å². The van der Waals surface area contributed by atoms with Crippen LogP contribution in [0.5, 0.6) is 5.75 Å². The van der Waals surface area contributed by atoms with Gasteiger partial charge < -0.3 is 9.64 Å². The number of methoxy groups -OCH3 is 1. The Morgan fingerprint density at radius 3 is 2.46 bits per heavy atom. The molecular formula is C21H25NO2. The highest BCUT2D eigenvalue weighted by Crippen LogP contribution is 2.44. The first-order valence-electron chi connectivity index (χ1n) is 8.56. The summed E-state index contributed by atoms with van der Waals surface area (Å²) in [5, 5.41) is 0. The van der Waals surface area contributed by atoms with Gasteiger partial charge in [-0.3, -0.25) is 4.79 Å². The number of ether oxygens (including phenoxy) is 1. The molecule has 1 amide bonds. The van der Waals surface area contributed by atoms with Crippen LogP contribution in [0.1, 0.15) is 36.8 Å². The lowest BCUT2D eigenvalue weighted by molar-refractivity contribution is -0.123. The highest BCUT2D eigenvalue weighted by molar-refractivity contribution is 6.01. The van der Waals surface area contributed by atoms with Crippen molar-refractivity contribution in [2.75, 3.05) is 19.1 Å². The largest absolute Gasteiger partial charge is 0.497 e. The molecule has 0 heterocycles. The Morgan fingerprint density at radius 1 is 1.08 bits per heavy atom. The molecule has 0 saturated heterocycles. The van der Waals surface area contributed by atoms with E-state index in [0.29, 0.717) is 0 Å². The molecule has 1 fully saturated rings. The molecule has 0 radical (unpaired) electrons. The molecule has 0 spiro atoms. The van der Waals surface area contributed by atoms with Gasteiger partial charge in [0.2, 0.25) is 5.91 Å². The monoisotopic (exact) mass is 323 g/mol. The van der Waals surface area contributed by atoms with Crippen LogP contribution in [0.15, 0.2) is 48.5 Å². The van der Waals surface area contributed by atoms with Gasteiger partial charge in [0, 0.05) is 12.7 Å². The van der Waals surface area contributed by atoms with E-state index in [1.807, 2.05) is 42.3 Å². The number of hydrogen-bond acceptors (Lipinski definition) is 2. The van der Waals surface area contributed by atoms with Gasteiger partial charge in [-0.15, -0.1) is 0 Å². The van der Waals surface area contributed by atoms with Crippen molar-refractivity contribution < 1.29 is 9.53 Å². The van der Waals surface area contributed by atoms with E-state index in [0.717, 1.165) is 48.2 Å². The molecule has 3 nitrogen and oxygen atoms in total. The number of carbonyl (C=O) groups excluding carboxylic acids is 1. The summed E-state index contributed by atoms with van der Waals surface area (Å²) in [6.07, 6.45) is 3.97. The third-order valence-electron chi connectivity index (χ3n) is 5.18. The second-order valence-electron chi connectivity index (χ2n) is 6.72. The predicted octanol–water partition coefficient (Wildman–Crippen LogP) is 4.48. The van der Waals surface area contributed by atoms with Gasteiger partial charge in [-0.1, -0.05) is 37.1 Å². The third kappa shape index (κ3) is 2.91. The molecule has 3 heteroatoms. The van der Waals surface area contributed by atoms with Gasteiger partial charge in [0.1, 0.15) is 5.75 Å². The average Bonchev–Trinajstić information content (AvgIpc) is 3.11. The number of aryl methyl sites for hydroxylation is 1. The molecule has 1 aliphatic rings.